The monoisotopic (exact) mass is 391 g/mol. The minimum absolute atomic E-state index is 0.0494. The van der Waals surface area contributed by atoms with Crippen LogP contribution >= 0.6 is 0 Å². The number of nitrogens with zero attached hydrogens (tertiary/aromatic N) is 2. The number of ketones is 1. The molecule has 146 valence electrons. The lowest BCUT2D eigenvalue weighted by Gasteiger charge is -2.09. The molecule has 8 heteroatoms. The standard InChI is InChI=1S/C21H17N3O5/c1-13-6-5-9-17-22-15(10-18(26)24(13)17)11-29-21(27)19-16(25)12-28-20(19)23-14-7-3-2-4-8-14/h2-10,23H,11-12H2,1H3. The van der Waals surface area contributed by atoms with E-state index < -0.39 is 11.8 Å². The SMILES string of the molecule is Cc1cccc2nc(COC(=O)C3=C(Nc4ccccc4)OCC3=O)cc(=O)n12. The molecule has 0 bridgehead atoms. The Morgan fingerprint density at radius 1 is 1.17 bits per heavy atom. The van der Waals surface area contributed by atoms with E-state index in [0.29, 0.717) is 17.0 Å². The van der Waals surface area contributed by atoms with E-state index in [1.807, 2.05) is 18.2 Å². The number of carbonyl (C=O) groups is 2. The lowest BCUT2D eigenvalue weighted by molar-refractivity contribution is -0.141. The number of esters is 1. The zero-order valence-corrected chi connectivity index (χ0v) is 15.5. The quantitative estimate of drug-likeness (QED) is 0.524. The molecular formula is C21H17N3O5. The van der Waals surface area contributed by atoms with E-state index in [4.69, 9.17) is 9.47 Å². The van der Waals surface area contributed by atoms with Crippen molar-refractivity contribution in [2.75, 3.05) is 11.9 Å². The van der Waals surface area contributed by atoms with Crippen molar-refractivity contribution in [1.82, 2.24) is 9.38 Å². The normalized spacial score (nSPS) is 13.5. The van der Waals surface area contributed by atoms with E-state index in [0.717, 1.165) is 5.69 Å². The summed E-state index contributed by atoms with van der Waals surface area (Å²) < 4.78 is 12.0. The Bertz CT molecular complexity index is 1200. The Kier molecular flexibility index (Phi) is 4.82. The Morgan fingerprint density at radius 3 is 2.76 bits per heavy atom. The van der Waals surface area contributed by atoms with Crippen molar-refractivity contribution in [2.24, 2.45) is 0 Å². The maximum absolute atomic E-state index is 12.5. The van der Waals surface area contributed by atoms with E-state index in [-0.39, 0.29) is 30.2 Å². The number of hydrogen-bond donors (Lipinski definition) is 1. The third-order valence-corrected chi connectivity index (χ3v) is 4.37. The highest BCUT2D eigenvalue weighted by atomic mass is 16.5. The van der Waals surface area contributed by atoms with Crippen LogP contribution in [0.3, 0.4) is 0 Å². The van der Waals surface area contributed by atoms with Crippen LogP contribution in [0.1, 0.15) is 11.4 Å². The number of benzene rings is 1. The fourth-order valence-corrected chi connectivity index (χ4v) is 3.02. The second-order valence-electron chi connectivity index (χ2n) is 6.43. The molecule has 0 saturated heterocycles. The molecule has 29 heavy (non-hydrogen) atoms. The largest absolute Gasteiger partial charge is 0.470 e. The van der Waals surface area contributed by atoms with Crippen LogP contribution in [0.15, 0.2) is 70.8 Å². The molecule has 1 aliphatic heterocycles. The minimum atomic E-state index is -0.836. The van der Waals surface area contributed by atoms with Crippen LogP contribution in [0.4, 0.5) is 5.69 Å². The molecular weight excluding hydrogens is 374 g/mol. The van der Waals surface area contributed by atoms with E-state index in [9.17, 15) is 14.4 Å². The predicted octanol–water partition coefficient (Wildman–Crippen LogP) is 1.97. The number of carbonyl (C=O) groups excluding carboxylic acids is 2. The number of aromatic nitrogens is 2. The van der Waals surface area contributed by atoms with Gasteiger partial charge in [0.25, 0.3) is 5.56 Å². The number of aryl methyl sites for hydroxylation is 1. The lowest BCUT2D eigenvalue weighted by Crippen LogP contribution is -2.20. The van der Waals surface area contributed by atoms with Gasteiger partial charge in [-0.05, 0) is 31.2 Å². The maximum Gasteiger partial charge on any atom is 0.347 e. The summed E-state index contributed by atoms with van der Waals surface area (Å²) in [4.78, 5) is 41.3. The summed E-state index contributed by atoms with van der Waals surface area (Å²) in [5.74, 6) is -1.26. The first-order valence-electron chi connectivity index (χ1n) is 8.91. The van der Waals surface area contributed by atoms with Crippen LogP contribution in [0.2, 0.25) is 0 Å². The minimum Gasteiger partial charge on any atom is -0.470 e. The molecule has 0 amide bonds. The lowest BCUT2D eigenvalue weighted by atomic mass is 10.2. The van der Waals surface area contributed by atoms with Crippen molar-refractivity contribution in [1.29, 1.82) is 0 Å². The number of ether oxygens (including phenoxy) is 2. The maximum atomic E-state index is 12.5. The summed E-state index contributed by atoms with van der Waals surface area (Å²) in [6.45, 7) is 1.32. The highest BCUT2D eigenvalue weighted by Crippen LogP contribution is 2.21. The number of Topliss-reactive ketones (excluding diaryl/α,β-unsaturated/α-hetero) is 1. The Labute approximate surface area is 165 Å². The number of rotatable bonds is 5. The van der Waals surface area contributed by atoms with Crippen LogP contribution in [0.5, 0.6) is 0 Å². The van der Waals surface area contributed by atoms with Gasteiger partial charge in [0, 0.05) is 17.4 Å². The smallest absolute Gasteiger partial charge is 0.347 e. The van der Waals surface area contributed by atoms with Crippen LogP contribution in [-0.4, -0.2) is 27.7 Å². The zero-order chi connectivity index (χ0) is 20.4. The van der Waals surface area contributed by atoms with Gasteiger partial charge in [-0.25, -0.2) is 9.78 Å². The first-order valence-corrected chi connectivity index (χ1v) is 8.91. The average molecular weight is 391 g/mol. The van der Waals surface area contributed by atoms with E-state index >= 15 is 0 Å². The van der Waals surface area contributed by atoms with Gasteiger partial charge in [-0.3, -0.25) is 14.0 Å². The Balaban J connectivity index is 1.54. The first-order chi connectivity index (χ1) is 14.0. The highest BCUT2D eigenvalue weighted by molar-refractivity contribution is 6.19. The molecule has 0 aliphatic carbocycles. The van der Waals surface area contributed by atoms with Gasteiger partial charge in [0.2, 0.25) is 11.7 Å². The molecule has 4 rings (SSSR count). The molecule has 0 unspecified atom stereocenters. The van der Waals surface area contributed by atoms with Gasteiger partial charge in [-0.15, -0.1) is 0 Å². The number of para-hydroxylation sites is 1. The molecule has 8 nitrogen and oxygen atoms in total. The van der Waals surface area contributed by atoms with Gasteiger partial charge in [-0.1, -0.05) is 24.3 Å². The molecule has 3 aromatic rings. The average Bonchev–Trinajstić information content (AvgIpc) is 3.07. The van der Waals surface area contributed by atoms with Crippen molar-refractivity contribution in [3.05, 3.63) is 87.8 Å². The van der Waals surface area contributed by atoms with Crippen LogP contribution in [0, 0.1) is 6.92 Å². The predicted molar refractivity (Wildman–Crippen MR) is 104 cm³/mol. The third kappa shape index (κ3) is 3.73. The fourth-order valence-electron chi connectivity index (χ4n) is 3.02. The van der Waals surface area contributed by atoms with Gasteiger partial charge in [0.1, 0.15) is 12.3 Å². The van der Waals surface area contributed by atoms with Gasteiger partial charge in [0.05, 0.1) is 5.69 Å². The summed E-state index contributed by atoms with van der Waals surface area (Å²) in [6, 6.07) is 15.6. The number of nitrogens with one attached hydrogen (secondary N) is 1. The summed E-state index contributed by atoms with van der Waals surface area (Å²) in [6.07, 6.45) is 0. The van der Waals surface area contributed by atoms with Crippen LogP contribution in [0.25, 0.3) is 5.65 Å². The second-order valence-corrected chi connectivity index (χ2v) is 6.43. The summed E-state index contributed by atoms with van der Waals surface area (Å²) in [5, 5.41) is 2.91. The third-order valence-electron chi connectivity index (χ3n) is 4.37. The number of pyridine rings is 1. The highest BCUT2D eigenvalue weighted by Gasteiger charge is 2.32. The fraction of sp³-hybridized carbons (Fsp3) is 0.143. The van der Waals surface area contributed by atoms with Crippen molar-refractivity contribution in [2.45, 2.75) is 13.5 Å². The molecule has 0 atom stereocenters. The topological polar surface area (TPSA) is 99.0 Å². The first kappa shape index (κ1) is 18.4. The van der Waals surface area contributed by atoms with Gasteiger partial charge in [-0.2, -0.15) is 0 Å². The molecule has 0 saturated carbocycles. The Hall–Kier alpha value is -3.94. The zero-order valence-electron chi connectivity index (χ0n) is 15.5. The molecule has 0 fully saturated rings. The van der Waals surface area contributed by atoms with E-state index in [1.165, 1.54) is 10.5 Å². The van der Waals surface area contributed by atoms with E-state index in [1.54, 1.807) is 37.3 Å². The molecule has 2 aromatic heterocycles. The van der Waals surface area contributed by atoms with E-state index in [2.05, 4.69) is 10.3 Å². The molecule has 1 aromatic carbocycles. The van der Waals surface area contributed by atoms with Crippen molar-refractivity contribution < 1.29 is 19.1 Å². The van der Waals surface area contributed by atoms with Crippen molar-refractivity contribution >= 4 is 23.1 Å². The number of anilines is 1. The number of hydrogen-bond acceptors (Lipinski definition) is 7. The second kappa shape index (κ2) is 7.59. The molecule has 1 aliphatic rings. The summed E-state index contributed by atoms with van der Waals surface area (Å²) >= 11 is 0. The van der Waals surface area contributed by atoms with Gasteiger partial charge >= 0.3 is 5.97 Å². The van der Waals surface area contributed by atoms with Crippen LogP contribution < -0.4 is 10.9 Å². The van der Waals surface area contributed by atoms with Crippen molar-refractivity contribution in [3.63, 3.8) is 0 Å². The van der Waals surface area contributed by atoms with Crippen molar-refractivity contribution in [3.8, 4) is 0 Å². The Morgan fingerprint density at radius 2 is 1.97 bits per heavy atom. The van der Waals surface area contributed by atoms with Gasteiger partial charge in [0.15, 0.2) is 12.2 Å². The summed E-state index contributed by atoms with van der Waals surface area (Å²) in [5.41, 5.74) is 1.70. The molecule has 1 N–H and O–H groups in total. The number of fused-ring (bicyclic) bond motifs is 1. The molecule has 3 heterocycles. The molecule has 0 radical (unpaired) electrons. The van der Waals surface area contributed by atoms with Gasteiger partial charge < -0.3 is 14.8 Å². The van der Waals surface area contributed by atoms with Crippen LogP contribution in [-0.2, 0) is 25.7 Å². The summed E-state index contributed by atoms with van der Waals surface area (Å²) in [7, 11) is 0. The molecule has 0 spiro atoms.